The summed E-state index contributed by atoms with van der Waals surface area (Å²) >= 11 is 0. The van der Waals surface area contributed by atoms with Gasteiger partial charge in [-0.05, 0) is 42.0 Å². The Hall–Kier alpha value is -2.60. The number of aliphatic imine (C=N–C) groups is 1. The lowest BCUT2D eigenvalue weighted by atomic mass is 10.2. The summed E-state index contributed by atoms with van der Waals surface area (Å²) in [5.41, 5.74) is 2.42. The maximum Gasteiger partial charge on any atom is 0.119 e. The van der Waals surface area contributed by atoms with Gasteiger partial charge in [0.25, 0.3) is 0 Å². The SMILES string of the molecule is COc1cccc(C=Nc2ccc(C#N)cc2)c1. The van der Waals surface area contributed by atoms with Gasteiger partial charge in [-0.25, -0.2) is 0 Å². The third-order valence-corrected chi connectivity index (χ3v) is 2.45. The molecule has 0 saturated carbocycles. The second-order valence-corrected chi connectivity index (χ2v) is 3.69. The van der Waals surface area contributed by atoms with Gasteiger partial charge >= 0.3 is 0 Å². The maximum atomic E-state index is 8.69. The van der Waals surface area contributed by atoms with E-state index in [2.05, 4.69) is 11.1 Å². The van der Waals surface area contributed by atoms with E-state index < -0.39 is 0 Å². The van der Waals surface area contributed by atoms with E-state index in [0.29, 0.717) is 5.56 Å². The van der Waals surface area contributed by atoms with E-state index in [9.17, 15) is 0 Å². The quantitative estimate of drug-likeness (QED) is 0.767. The molecular formula is C15H12N2O. The zero-order chi connectivity index (χ0) is 12.8. The van der Waals surface area contributed by atoms with Crippen LogP contribution < -0.4 is 4.74 Å². The summed E-state index contributed by atoms with van der Waals surface area (Å²) in [6.45, 7) is 0. The molecule has 18 heavy (non-hydrogen) atoms. The molecule has 3 heteroatoms. The first-order valence-electron chi connectivity index (χ1n) is 5.50. The summed E-state index contributed by atoms with van der Waals surface area (Å²) < 4.78 is 5.14. The molecule has 0 aliphatic heterocycles. The normalized spacial score (nSPS) is 10.2. The number of rotatable bonds is 3. The van der Waals surface area contributed by atoms with E-state index >= 15 is 0 Å². The molecule has 0 unspecified atom stereocenters. The lowest BCUT2D eigenvalue weighted by Crippen LogP contribution is -1.85. The Balaban J connectivity index is 2.16. The average molecular weight is 236 g/mol. The zero-order valence-corrected chi connectivity index (χ0v) is 10.00. The number of methoxy groups -OCH3 is 1. The Morgan fingerprint density at radius 3 is 2.61 bits per heavy atom. The lowest BCUT2D eigenvalue weighted by molar-refractivity contribution is 0.415. The summed E-state index contributed by atoms with van der Waals surface area (Å²) in [6, 6.07) is 16.9. The van der Waals surface area contributed by atoms with Crippen molar-refractivity contribution in [3.05, 3.63) is 59.7 Å². The van der Waals surface area contributed by atoms with Crippen LogP contribution in [0.3, 0.4) is 0 Å². The van der Waals surface area contributed by atoms with Crippen molar-refractivity contribution in [2.45, 2.75) is 0 Å². The highest BCUT2D eigenvalue weighted by molar-refractivity contribution is 5.82. The molecule has 0 atom stereocenters. The van der Waals surface area contributed by atoms with Crippen molar-refractivity contribution in [1.29, 1.82) is 5.26 Å². The summed E-state index contributed by atoms with van der Waals surface area (Å²) in [5, 5.41) is 8.69. The van der Waals surface area contributed by atoms with Gasteiger partial charge in [0, 0.05) is 6.21 Å². The van der Waals surface area contributed by atoms with Crippen LogP contribution in [0.25, 0.3) is 0 Å². The van der Waals surface area contributed by atoms with Gasteiger partial charge in [-0.2, -0.15) is 5.26 Å². The fraction of sp³-hybridized carbons (Fsp3) is 0.0667. The molecule has 0 aliphatic carbocycles. The van der Waals surface area contributed by atoms with Gasteiger partial charge in [0.2, 0.25) is 0 Å². The predicted octanol–water partition coefficient (Wildman–Crippen LogP) is 3.32. The van der Waals surface area contributed by atoms with Crippen LogP contribution in [-0.2, 0) is 0 Å². The molecule has 0 fully saturated rings. The smallest absolute Gasteiger partial charge is 0.119 e. The van der Waals surface area contributed by atoms with Crippen molar-refractivity contribution in [1.82, 2.24) is 0 Å². The van der Waals surface area contributed by atoms with Crippen molar-refractivity contribution >= 4 is 11.9 Å². The van der Waals surface area contributed by atoms with Crippen LogP contribution >= 0.6 is 0 Å². The summed E-state index contributed by atoms with van der Waals surface area (Å²) in [6.07, 6.45) is 1.77. The van der Waals surface area contributed by atoms with Crippen LogP contribution in [-0.4, -0.2) is 13.3 Å². The first-order chi connectivity index (χ1) is 8.81. The number of nitrogens with zero attached hydrogens (tertiary/aromatic N) is 2. The molecule has 2 rings (SSSR count). The fourth-order valence-corrected chi connectivity index (χ4v) is 1.49. The van der Waals surface area contributed by atoms with Crippen molar-refractivity contribution in [3.63, 3.8) is 0 Å². The first-order valence-corrected chi connectivity index (χ1v) is 5.50. The second-order valence-electron chi connectivity index (χ2n) is 3.69. The van der Waals surface area contributed by atoms with E-state index in [1.165, 1.54) is 0 Å². The molecule has 3 nitrogen and oxygen atoms in total. The lowest BCUT2D eigenvalue weighted by Gasteiger charge is -1.99. The van der Waals surface area contributed by atoms with E-state index in [1.807, 2.05) is 36.4 Å². The highest BCUT2D eigenvalue weighted by Gasteiger charge is 1.93. The summed E-state index contributed by atoms with van der Waals surface area (Å²) in [4.78, 5) is 4.34. The molecule has 0 saturated heterocycles. The topological polar surface area (TPSA) is 45.4 Å². The third kappa shape index (κ3) is 2.96. The van der Waals surface area contributed by atoms with Crippen LogP contribution in [0.2, 0.25) is 0 Å². The zero-order valence-electron chi connectivity index (χ0n) is 10.00. The number of hydrogen-bond donors (Lipinski definition) is 0. The molecule has 0 N–H and O–H groups in total. The Morgan fingerprint density at radius 1 is 1.17 bits per heavy atom. The summed E-state index contributed by atoms with van der Waals surface area (Å²) in [7, 11) is 1.64. The average Bonchev–Trinajstić information content (AvgIpc) is 2.46. The van der Waals surface area contributed by atoms with E-state index in [4.69, 9.17) is 10.00 Å². The molecule has 88 valence electrons. The van der Waals surface area contributed by atoms with Crippen LogP contribution in [0.15, 0.2) is 53.5 Å². The first kappa shape index (κ1) is 11.9. The largest absolute Gasteiger partial charge is 0.497 e. The number of nitriles is 1. The molecule has 0 amide bonds. The van der Waals surface area contributed by atoms with Gasteiger partial charge in [0.05, 0.1) is 24.4 Å². The molecule has 0 heterocycles. The Morgan fingerprint density at radius 2 is 1.94 bits per heavy atom. The van der Waals surface area contributed by atoms with Crippen LogP contribution in [0, 0.1) is 11.3 Å². The minimum atomic E-state index is 0.635. The number of benzene rings is 2. The Kier molecular flexibility index (Phi) is 3.72. The molecule has 0 radical (unpaired) electrons. The molecule has 2 aromatic carbocycles. The van der Waals surface area contributed by atoms with Gasteiger partial charge < -0.3 is 4.74 Å². The minimum absolute atomic E-state index is 0.635. The van der Waals surface area contributed by atoms with E-state index in [1.54, 1.807) is 25.5 Å². The maximum absolute atomic E-state index is 8.69. The van der Waals surface area contributed by atoms with Crippen LogP contribution in [0.4, 0.5) is 5.69 Å². The predicted molar refractivity (Wildman–Crippen MR) is 71.4 cm³/mol. The van der Waals surface area contributed by atoms with Gasteiger partial charge in [-0.15, -0.1) is 0 Å². The molecule has 0 aromatic heterocycles. The minimum Gasteiger partial charge on any atom is -0.497 e. The van der Waals surface area contributed by atoms with Crippen molar-refractivity contribution in [2.75, 3.05) is 7.11 Å². The van der Waals surface area contributed by atoms with Gasteiger partial charge in [-0.3, -0.25) is 4.99 Å². The fourth-order valence-electron chi connectivity index (χ4n) is 1.49. The Bertz CT molecular complexity index is 595. The van der Waals surface area contributed by atoms with Crippen LogP contribution in [0.1, 0.15) is 11.1 Å². The molecule has 0 aliphatic rings. The monoisotopic (exact) mass is 236 g/mol. The molecule has 0 bridgehead atoms. The number of hydrogen-bond acceptors (Lipinski definition) is 3. The van der Waals surface area contributed by atoms with Crippen molar-refractivity contribution in [2.24, 2.45) is 4.99 Å². The summed E-state index contributed by atoms with van der Waals surface area (Å²) in [5.74, 6) is 0.804. The molecule has 0 spiro atoms. The standard InChI is InChI=1S/C15H12N2O/c1-18-15-4-2-3-13(9-15)11-17-14-7-5-12(10-16)6-8-14/h2-9,11H,1H3. The molecular weight excluding hydrogens is 224 g/mol. The van der Waals surface area contributed by atoms with Gasteiger partial charge in [0.15, 0.2) is 0 Å². The molecule has 2 aromatic rings. The number of ether oxygens (including phenoxy) is 1. The van der Waals surface area contributed by atoms with E-state index in [0.717, 1.165) is 17.0 Å². The highest BCUT2D eigenvalue weighted by Crippen LogP contribution is 2.14. The highest BCUT2D eigenvalue weighted by atomic mass is 16.5. The van der Waals surface area contributed by atoms with Crippen molar-refractivity contribution < 1.29 is 4.74 Å². The van der Waals surface area contributed by atoms with Crippen LogP contribution in [0.5, 0.6) is 5.75 Å². The Labute approximate surface area is 106 Å². The van der Waals surface area contributed by atoms with Crippen molar-refractivity contribution in [3.8, 4) is 11.8 Å². The van der Waals surface area contributed by atoms with Gasteiger partial charge in [0.1, 0.15) is 5.75 Å². The second kappa shape index (κ2) is 5.65. The van der Waals surface area contributed by atoms with Gasteiger partial charge in [-0.1, -0.05) is 12.1 Å². The third-order valence-electron chi connectivity index (χ3n) is 2.45. The van der Waals surface area contributed by atoms with E-state index in [-0.39, 0.29) is 0 Å².